The van der Waals surface area contributed by atoms with Gasteiger partial charge in [-0.25, -0.2) is 4.39 Å². The number of hydrogen-bond donors (Lipinski definition) is 3. The van der Waals surface area contributed by atoms with E-state index in [2.05, 4.69) is 5.32 Å². The average Bonchev–Trinajstić information content (AvgIpc) is 2.74. The molecular weight excluding hydrogens is 287 g/mol. The maximum Gasteiger partial charge on any atom is 0.254 e. The molecule has 22 heavy (non-hydrogen) atoms. The minimum absolute atomic E-state index is 0.271. The zero-order valence-electron chi connectivity index (χ0n) is 12.3. The Morgan fingerprint density at radius 2 is 1.68 bits per heavy atom. The van der Waals surface area contributed by atoms with Gasteiger partial charge in [-0.2, -0.15) is 0 Å². The van der Waals surface area contributed by atoms with E-state index in [0.717, 1.165) is 25.7 Å². The highest BCUT2D eigenvalue weighted by Gasteiger charge is 2.39. The van der Waals surface area contributed by atoms with E-state index >= 15 is 0 Å². The van der Waals surface area contributed by atoms with Crippen LogP contribution in [0.25, 0.3) is 0 Å². The number of aliphatic hydroxyl groups excluding tert-OH is 1. The summed E-state index contributed by atoms with van der Waals surface area (Å²) < 4.78 is 12.9. The molecule has 1 saturated carbocycles. The average molecular weight is 308 g/mol. The summed E-state index contributed by atoms with van der Waals surface area (Å²) in [7, 11) is 0. The van der Waals surface area contributed by atoms with Crippen LogP contribution in [0.3, 0.4) is 0 Å². The number of rotatable bonds is 4. The predicted octanol–water partition coefficient (Wildman–Crippen LogP) is 1.55. The maximum atomic E-state index is 12.9. The van der Waals surface area contributed by atoms with Crippen LogP contribution in [0.2, 0.25) is 0 Å². The number of aliphatic hydroxyl groups is 1. The Bertz CT molecular complexity index is 537. The first kappa shape index (κ1) is 16.4. The number of carbonyl (C=O) groups excluding carboxylic acids is 2. The molecule has 0 aromatic heterocycles. The van der Waals surface area contributed by atoms with Gasteiger partial charge in [-0.1, -0.05) is 37.8 Å². The highest BCUT2D eigenvalue weighted by Crippen LogP contribution is 2.28. The zero-order valence-corrected chi connectivity index (χ0v) is 12.3. The van der Waals surface area contributed by atoms with Crippen LogP contribution in [-0.4, -0.2) is 22.5 Å². The Labute approximate surface area is 128 Å². The highest BCUT2D eigenvalue weighted by molar-refractivity contribution is 5.92. The van der Waals surface area contributed by atoms with Crippen LogP contribution in [0, 0.1) is 5.82 Å². The van der Waals surface area contributed by atoms with E-state index < -0.39 is 29.3 Å². The van der Waals surface area contributed by atoms with Crippen LogP contribution < -0.4 is 11.1 Å². The molecule has 2 amide bonds. The summed E-state index contributed by atoms with van der Waals surface area (Å²) in [5.74, 6) is -1.71. The second kappa shape index (κ2) is 6.87. The van der Waals surface area contributed by atoms with Crippen molar-refractivity contribution in [2.24, 2.45) is 5.73 Å². The second-order valence-corrected chi connectivity index (χ2v) is 5.80. The fourth-order valence-corrected chi connectivity index (χ4v) is 2.87. The van der Waals surface area contributed by atoms with Crippen LogP contribution in [0.15, 0.2) is 24.3 Å². The molecule has 1 aliphatic rings. The summed E-state index contributed by atoms with van der Waals surface area (Å²) in [6.07, 6.45) is 3.08. The van der Waals surface area contributed by atoms with Crippen LogP contribution in [0.1, 0.15) is 50.2 Å². The molecule has 2 rings (SSSR count). The van der Waals surface area contributed by atoms with E-state index in [4.69, 9.17) is 5.73 Å². The van der Waals surface area contributed by atoms with Crippen molar-refractivity contribution in [2.75, 3.05) is 0 Å². The van der Waals surface area contributed by atoms with Crippen molar-refractivity contribution in [3.63, 3.8) is 0 Å². The first-order valence-electron chi connectivity index (χ1n) is 7.50. The second-order valence-electron chi connectivity index (χ2n) is 5.80. The molecule has 0 aliphatic heterocycles. The minimum atomic E-state index is -1.46. The van der Waals surface area contributed by atoms with Crippen LogP contribution in [-0.2, 0) is 9.59 Å². The summed E-state index contributed by atoms with van der Waals surface area (Å²) in [4.78, 5) is 24.1. The number of primary amides is 1. The molecule has 120 valence electrons. The third-order valence-corrected chi connectivity index (χ3v) is 4.23. The van der Waals surface area contributed by atoms with Gasteiger partial charge in [0.1, 0.15) is 11.4 Å². The smallest absolute Gasteiger partial charge is 0.254 e. The van der Waals surface area contributed by atoms with E-state index in [0.29, 0.717) is 12.8 Å². The lowest BCUT2D eigenvalue weighted by Gasteiger charge is -2.31. The summed E-state index contributed by atoms with van der Waals surface area (Å²) in [5.41, 5.74) is 4.66. The molecule has 0 saturated heterocycles. The molecule has 4 N–H and O–H groups in total. The number of benzene rings is 1. The van der Waals surface area contributed by atoms with Gasteiger partial charge in [-0.3, -0.25) is 9.59 Å². The van der Waals surface area contributed by atoms with E-state index in [9.17, 15) is 19.1 Å². The summed E-state index contributed by atoms with van der Waals surface area (Å²) in [5, 5.41) is 12.7. The van der Waals surface area contributed by atoms with E-state index in [1.807, 2.05) is 0 Å². The monoisotopic (exact) mass is 308 g/mol. The largest absolute Gasteiger partial charge is 0.378 e. The quantitative estimate of drug-likeness (QED) is 0.737. The first-order chi connectivity index (χ1) is 10.4. The number of hydrogen-bond acceptors (Lipinski definition) is 3. The molecule has 1 atom stereocenters. The summed E-state index contributed by atoms with van der Waals surface area (Å²) in [6, 6.07) is 5.01. The number of halogens is 1. The lowest BCUT2D eigenvalue weighted by Crippen LogP contribution is -2.58. The number of carbonyl (C=O) groups is 2. The molecule has 0 radical (unpaired) electrons. The third kappa shape index (κ3) is 3.62. The Morgan fingerprint density at radius 1 is 1.14 bits per heavy atom. The molecule has 6 heteroatoms. The highest BCUT2D eigenvalue weighted by atomic mass is 19.1. The summed E-state index contributed by atoms with van der Waals surface area (Å²) in [6.45, 7) is 0. The van der Waals surface area contributed by atoms with Gasteiger partial charge in [0.15, 0.2) is 6.10 Å². The number of amides is 2. The number of nitrogens with one attached hydrogen (secondary N) is 1. The number of nitrogens with two attached hydrogens (primary N) is 1. The molecule has 0 heterocycles. The molecule has 0 bridgehead atoms. The van der Waals surface area contributed by atoms with Gasteiger partial charge in [0.25, 0.3) is 5.91 Å². The molecule has 1 aliphatic carbocycles. The van der Waals surface area contributed by atoms with Crippen LogP contribution in [0.4, 0.5) is 4.39 Å². The molecule has 0 unspecified atom stereocenters. The lowest BCUT2D eigenvalue weighted by atomic mass is 9.88. The molecule has 0 spiro atoms. The molecule has 1 fully saturated rings. The van der Waals surface area contributed by atoms with Crippen molar-refractivity contribution in [1.82, 2.24) is 5.32 Å². The Balaban J connectivity index is 2.13. The fourth-order valence-electron chi connectivity index (χ4n) is 2.87. The van der Waals surface area contributed by atoms with Gasteiger partial charge in [0.2, 0.25) is 5.91 Å². The maximum absolute atomic E-state index is 12.9. The Hall–Kier alpha value is -1.95. The van der Waals surface area contributed by atoms with Crippen molar-refractivity contribution < 1.29 is 19.1 Å². The van der Waals surface area contributed by atoms with Crippen molar-refractivity contribution in [3.05, 3.63) is 35.6 Å². The predicted molar refractivity (Wildman–Crippen MR) is 79.1 cm³/mol. The van der Waals surface area contributed by atoms with Gasteiger partial charge < -0.3 is 16.2 Å². The van der Waals surface area contributed by atoms with Gasteiger partial charge in [0.05, 0.1) is 0 Å². The van der Waals surface area contributed by atoms with E-state index in [1.54, 1.807) is 0 Å². The van der Waals surface area contributed by atoms with Gasteiger partial charge in [0, 0.05) is 0 Å². The van der Waals surface area contributed by atoms with E-state index in [1.165, 1.54) is 24.3 Å². The van der Waals surface area contributed by atoms with Crippen molar-refractivity contribution in [1.29, 1.82) is 0 Å². The molecule has 1 aromatic carbocycles. The molecule has 5 nitrogen and oxygen atoms in total. The van der Waals surface area contributed by atoms with E-state index in [-0.39, 0.29) is 5.56 Å². The SMILES string of the molecule is NC(=O)C1(NC(=O)[C@H](O)c2ccc(F)cc2)CCCCCC1. The zero-order chi connectivity index (χ0) is 16.2. The minimum Gasteiger partial charge on any atom is -0.378 e. The van der Waals surface area contributed by atoms with Crippen molar-refractivity contribution in [2.45, 2.75) is 50.2 Å². The van der Waals surface area contributed by atoms with Crippen LogP contribution >= 0.6 is 0 Å². The molecular formula is C16H21FN2O3. The normalized spacial score (nSPS) is 19.0. The Kier molecular flexibility index (Phi) is 5.13. The summed E-state index contributed by atoms with van der Waals surface area (Å²) >= 11 is 0. The van der Waals surface area contributed by atoms with Crippen molar-refractivity contribution >= 4 is 11.8 Å². The van der Waals surface area contributed by atoms with Gasteiger partial charge in [-0.15, -0.1) is 0 Å². The first-order valence-corrected chi connectivity index (χ1v) is 7.50. The van der Waals surface area contributed by atoms with Crippen molar-refractivity contribution in [3.8, 4) is 0 Å². The molecule has 1 aromatic rings. The Morgan fingerprint density at radius 3 is 2.18 bits per heavy atom. The third-order valence-electron chi connectivity index (χ3n) is 4.23. The lowest BCUT2D eigenvalue weighted by molar-refractivity contribution is -0.137. The van der Waals surface area contributed by atoms with Crippen LogP contribution in [0.5, 0.6) is 0 Å². The fraction of sp³-hybridized carbons (Fsp3) is 0.500. The topological polar surface area (TPSA) is 92.4 Å². The van der Waals surface area contributed by atoms with Gasteiger partial charge in [-0.05, 0) is 30.5 Å². The standard InChI is InChI=1S/C16H21FN2O3/c17-12-7-5-11(6-8-12)13(20)14(21)19-16(15(18)22)9-3-1-2-4-10-16/h5-8,13,20H,1-4,9-10H2,(H2,18,22)(H,19,21)/t13-/m1/s1. The van der Waals surface area contributed by atoms with Gasteiger partial charge >= 0.3 is 0 Å².